The van der Waals surface area contributed by atoms with Gasteiger partial charge in [0.05, 0.1) is 11.7 Å². The maximum absolute atomic E-state index is 13.2. The van der Waals surface area contributed by atoms with Gasteiger partial charge in [-0.1, -0.05) is 35.9 Å². The van der Waals surface area contributed by atoms with Crippen molar-refractivity contribution in [2.45, 2.75) is 32.4 Å². The molecule has 3 heterocycles. The van der Waals surface area contributed by atoms with Gasteiger partial charge >= 0.3 is 0 Å². The first kappa shape index (κ1) is 15.6. The van der Waals surface area contributed by atoms with Gasteiger partial charge in [0, 0.05) is 23.0 Å². The van der Waals surface area contributed by atoms with Crippen LogP contribution in [0.3, 0.4) is 0 Å². The molecule has 2 aromatic carbocycles. The van der Waals surface area contributed by atoms with Gasteiger partial charge in [0.2, 0.25) is 0 Å². The molecule has 5 heteroatoms. The van der Waals surface area contributed by atoms with Crippen molar-refractivity contribution in [2.24, 2.45) is 0 Å². The number of H-pyrrole nitrogens is 1. The van der Waals surface area contributed by atoms with Gasteiger partial charge < -0.3 is 9.88 Å². The highest BCUT2D eigenvalue weighted by Gasteiger charge is 2.49. The molecule has 0 bridgehead atoms. The van der Waals surface area contributed by atoms with Gasteiger partial charge in [-0.25, -0.2) is 0 Å². The molecule has 1 saturated heterocycles. The molecule has 3 aromatic rings. The van der Waals surface area contributed by atoms with E-state index in [9.17, 15) is 4.79 Å². The Morgan fingerprint density at radius 2 is 1.85 bits per heavy atom. The van der Waals surface area contributed by atoms with E-state index in [4.69, 9.17) is 12.2 Å². The van der Waals surface area contributed by atoms with Crippen molar-refractivity contribution in [1.82, 2.24) is 9.88 Å². The van der Waals surface area contributed by atoms with Crippen LogP contribution in [0.25, 0.3) is 10.9 Å². The Morgan fingerprint density at radius 1 is 1.12 bits per heavy atom. The molecule has 1 N–H and O–H groups in total. The minimum atomic E-state index is -0.231. The predicted molar refractivity (Wildman–Crippen MR) is 107 cm³/mol. The molecular formula is C21H19N3OS. The van der Waals surface area contributed by atoms with Crippen LogP contribution in [-0.4, -0.2) is 26.9 Å². The lowest BCUT2D eigenvalue weighted by molar-refractivity contribution is -0.120. The van der Waals surface area contributed by atoms with E-state index in [-0.39, 0.29) is 18.0 Å². The number of amides is 1. The number of nitrogens with zero attached hydrogens (tertiary/aromatic N) is 2. The number of aromatic amines is 1. The van der Waals surface area contributed by atoms with Crippen molar-refractivity contribution < 1.29 is 4.79 Å². The third kappa shape index (κ3) is 2.01. The molecule has 26 heavy (non-hydrogen) atoms. The van der Waals surface area contributed by atoms with Crippen LogP contribution >= 0.6 is 12.2 Å². The van der Waals surface area contributed by atoms with Crippen molar-refractivity contribution in [3.63, 3.8) is 0 Å². The summed E-state index contributed by atoms with van der Waals surface area (Å²) in [7, 11) is 0. The normalized spacial score (nSPS) is 22.1. The second-order valence-electron chi connectivity index (χ2n) is 7.16. The zero-order valence-electron chi connectivity index (χ0n) is 14.7. The van der Waals surface area contributed by atoms with Crippen molar-refractivity contribution in [1.29, 1.82) is 0 Å². The number of aryl methyl sites for hydroxylation is 1. The molecule has 2 atom stereocenters. The van der Waals surface area contributed by atoms with Gasteiger partial charge in [0.1, 0.15) is 6.04 Å². The SMILES string of the molecule is Cc1ccc(N2C(=O)[C@H]3Cc4c([nH]c5ccccc45)[C@@H](C)N3C2=S)cc1. The Hall–Kier alpha value is -2.66. The molecule has 1 aromatic heterocycles. The fourth-order valence-corrected chi connectivity index (χ4v) is 4.77. The number of anilines is 1. The molecule has 0 unspecified atom stereocenters. The quantitative estimate of drug-likeness (QED) is 0.664. The second-order valence-corrected chi connectivity index (χ2v) is 7.52. The number of hydrogen-bond donors (Lipinski definition) is 1. The van der Waals surface area contributed by atoms with E-state index in [0.29, 0.717) is 11.5 Å². The second kappa shape index (κ2) is 5.42. The van der Waals surface area contributed by atoms with Crippen LogP contribution in [0.1, 0.15) is 29.8 Å². The van der Waals surface area contributed by atoms with E-state index in [2.05, 4.69) is 28.9 Å². The molecule has 0 spiro atoms. The molecule has 0 saturated carbocycles. The number of carbonyl (C=O) groups excluding carboxylic acids is 1. The van der Waals surface area contributed by atoms with Gasteiger partial charge in [-0.3, -0.25) is 9.69 Å². The zero-order chi connectivity index (χ0) is 18.0. The minimum absolute atomic E-state index is 0.0445. The van der Waals surface area contributed by atoms with Gasteiger partial charge in [0.15, 0.2) is 5.11 Å². The fourth-order valence-electron chi connectivity index (χ4n) is 4.29. The summed E-state index contributed by atoms with van der Waals surface area (Å²) in [5.41, 5.74) is 5.55. The van der Waals surface area contributed by atoms with Crippen molar-refractivity contribution in [2.75, 3.05) is 4.90 Å². The first-order chi connectivity index (χ1) is 12.6. The molecule has 1 fully saturated rings. The summed E-state index contributed by atoms with van der Waals surface area (Å²) in [4.78, 5) is 20.6. The molecule has 1 amide bonds. The summed E-state index contributed by atoms with van der Waals surface area (Å²) in [5.74, 6) is 0.0710. The van der Waals surface area contributed by atoms with Crippen LogP contribution in [0.4, 0.5) is 5.69 Å². The molecule has 2 aliphatic rings. The average Bonchev–Trinajstić information content (AvgIpc) is 3.13. The highest BCUT2D eigenvalue weighted by atomic mass is 32.1. The molecule has 2 aliphatic heterocycles. The lowest BCUT2D eigenvalue weighted by Crippen LogP contribution is -2.42. The van der Waals surface area contributed by atoms with Crippen LogP contribution < -0.4 is 4.90 Å². The highest BCUT2D eigenvalue weighted by molar-refractivity contribution is 7.80. The van der Waals surface area contributed by atoms with E-state index >= 15 is 0 Å². The third-order valence-corrected chi connectivity index (χ3v) is 6.02. The molecule has 0 radical (unpaired) electrons. The number of para-hydroxylation sites is 1. The Bertz CT molecular complexity index is 1050. The van der Waals surface area contributed by atoms with E-state index in [0.717, 1.165) is 11.2 Å². The Labute approximate surface area is 157 Å². The summed E-state index contributed by atoms with van der Waals surface area (Å²) >= 11 is 5.73. The van der Waals surface area contributed by atoms with Gasteiger partial charge in [-0.05, 0) is 49.8 Å². The molecule has 0 aliphatic carbocycles. The van der Waals surface area contributed by atoms with E-state index < -0.39 is 0 Å². The zero-order valence-corrected chi connectivity index (χ0v) is 15.5. The van der Waals surface area contributed by atoms with Crippen molar-refractivity contribution >= 4 is 39.8 Å². The van der Waals surface area contributed by atoms with Crippen LogP contribution in [0.15, 0.2) is 48.5 Å². The van der Waals surface area contributed by atoms with Gasteiger partial charge in [-0.15, -0.1) is 0 Å². The molecular weight excluding hydrogens is 342 g/mol. The Balaban J connectivity index is 1.60. The number of hydrogen-bond acceptors (Lipinski definition) is 2. The summed E-state index contributed by atoms with van der Waals surface area (Å²) in [6.07, 6.45) is 0.686. The molecule has 130 valence electrons. The largest absolute Gasteiger partial charge is 0.356 e. The number of rotatable bonds is 1. The van der Waals surface area contributed by atoms with E-state index in [1.165, 1.54) is 22.2 Å². The Kier molecular flexibility index (Phi) is 3.25. The number of benzene rings is 2. The smallest absolute Gasteiger partial charge is 0.256 e. The number of carbonyl (C=O) groups is 1. The van der Waals surface area contributed by atoms with Gasteiger partial charge in [-0.2, -0.15) is 0 Å². The van der Waals surface area contributed by atoms with Gasteiger partial charge in [0.25, 0.3) is 5.91 Å². The third-order valence-electron chi connectivity index (χ3n) is 5.62. The lowest BCUT2D eigenvalue weighted by atomic mass is 9.93. The Morgan fingerprint density at radius 3 is 2.62 bits per heavy atom. The number of fused-ring (bicyclic) bond motifs is 4. The summed E-state index contributed by atoms with van der Waals surface area (Å²) in [5, 5.41) is 1.81. The van der Waals surface area contributed by atoms with Crippen molar-refractivity contribution in [3.05, 3.63) is 65.4 Å². The van der Waals surface area contributed by atoms with E-state index in [1.807, 2.05) is 43.3 Å². The predicted octanol–water partition coefficient (Wildman–Crippen LogP) is 4.10. The maximum Gasteiger partial charge on any atom is 0.256 e. The maximum atomic E-state index is 13.2. The number of thiocarbonyl (C=S) groups is 1. The van der Waals surface area contributed by atoms with E-state index in [1.54, 1.807) is 4.90 Å². The first-order valence-electron chi connectivity index (χ1n) is 8.88. The van der Waals surface area contributed by atoms with Crippen LogP contribution in [0.2, 0.25) is 0 Å². The summed E-state index contributed by atoms with van der Waals surface area (Å²) in [6, 6.07) is 16.1. The lowest BCUT2D eigenvalue weighted by Gasteiger charge is -2.34. The molecule has 5 rings (SSSR count). The number of nitrogens with one attached hydrogen (secondary N) is 1. The van der Waals surface area contributed by atoms with Crippen molar-refractivity contribution in [3.8, 4) is 0 Å². The van der Waals surface area contributed by atoms with Crippen LogP contribution in [0, 0.1) is 6.92 Å². The fraction of sp³-hybridized carbons (Fsp3) is 0.238. The minimum Gasteiger partial charge on any atom is -0.356 e. The summed E-state index contributed by atoms with van der Waals surface area (Å²) in [6.45, 7) is 4.16. The monoisotopic (exact) mass is 361 g/mol. The first-order valence-corrected chi connectivity index (χ1v) is 9.29. The summed E-state index contributed by atoms with van der Waals surface area (Å²) < 4.78 is 0. The van der Waals surface area contributed by atoms with Crippen LogP contribution in [-0.2, 0) is 11.2 Å². The average molecular weight is 361 g/mol. The molecule has 4 nitrogen and oxygen atoms in total. The topological polar surface area (TPSA) is 39.3 Å². The number of aromatic nitrogens is 1. The standard InChI is InChI=1S/C21H19N3OS/c1-12-7-9-14(10-8-12)24-20(25)18-11-16-15-5-3-4-6-17(15)22-19(16)13(2)23(18)21(24)26/h3-10,13,18,22H,11H2,1-2H3/t13-,18-/m1/s1. The van der Waals surface area contributed by atoms with Crippen LogP contribution in [0.5, 0.6) is 0 Å². The highest BCUT2D eigenvalue weighted by Crippen LogP contribution is 2.41.